The Bertz CT molecular complexity index is 700. The van der Waals surface area contributed by atoms with Crippen molar-refractivity contribution in [1.29, 1.82) is 0 Å². The predicted octanol–water partition coefficient (Wildman–Crippen LogP) is 1.68. The molecule has 1 aromatic carbocycles. The Morgan fingerprint density at radius 2 is 1.91 bits per heavy atom. The van der Waals surface area contributed by atoms with Gasteiger partial charge in [0.15, 0.2) is 22.5 Å². The minimum Gasteiger partial charge on any atom is -0.493 e. The van der Waals surface area contributed by atoms with E-state index in [-0.39, 0.29) is 5.91 Å². The molecule has 0 saturated carbocycles. The number of rotatable bonds is 6. The normalized spacial score (nSPS) is 10.5. The second-order valence-corrected chi connectivity index (χ2v) is 5.95. The summed E-state index contributed by atoms with van der Waals surface area (Å²) in [5.41, 5.74) is 0.864. The Morgan fingerprint density at radius 1 is 1.22 bits per heavy atom. The van der Waals surface area contributed by atoms with Gasteiger partial charge >= 0.3 is 0 Å². The van der Waals surface area contributed by atoms with Gasteiger partial charge < -0.3 is 18.9 Å². The van der Waals surface area contributed by atoms with E-state index in [1.807, 2.05) is 29.8 Å². The highest BCUT2D eigenvalue weighted by molar-refractivity contribution is 7.99. The topological polar surface area (TPSA) is 69.5 Å². The van der Waals surface area contributed by atoms with E-state index in [1.165, 1.54) is 11.8 Å². The first kappa shape index (κ1) is 17.1. The van der Waals surface area contributed by atoms with E-state index in [2.05, 4.69) is 10.2 Å². The number of methoxy groups -OCH3 is 2. The molecular formula is C15H20N4O3S. The fraction of sp³-hybridized carbons (Fsp3) is 0.400. The third-order valence-corrected chi connectivity index (χ3v) is 4.31. The lowest BCUT2D eigenvalue weighted by molar-refractivity contribution is -0.125. The molecule has 0 saturated heterocycles. The lowest BCUT2D eigenvalue weighted by atomic mass is 10.2. The van der Waals surface area contributed by atoms with Crippen molar-refractivity contribution in [2.45, 2.75) is 5.16 Å². The van der Waals surface area contributed by atoms with Gasteiger partial charge in [-0.25, -0.2) is 0 Å². The molecule has 0 aliphatic rings. The molecule has 0 spiro atoms. The zero-order valence-corrected chi connectivity index (χ0v) is 14.7. The highest BCUT2D eigenvalue weighted by Crippen LogP contribution is 2.32. The van der Waals surface area contributed by atoms with Gasteiger partial charge in [0, 0.05) is 26.7 Å². The number of hydrogen-bond acceptors (Lipinski definition) is 6. The average Bonchev–Trinajstić information content (AvgIpc) is 2.92. The van der Waals surface area contributed by atoms with Crippen LogP contribution in [-0.2, 0) is 11.8 Å². The summed E-state index contributed by atoms with van der Waals surface area (Å²) in [6.07, 6.45) is 0. The maximum Gasteiger partial charge on any atom is 0.232 e. The summed E-state index contributed by atoms with van der Waals surface area (Å²) < 4.78 is 12.4. The molecule has 0 radical (unpaired) electrons. The van der Waals surface area contributed by atoms with Crippen LogP contribution in [0.25, 0.3) is 11.4 Å². The highest BCUT2D eigenvalue weighted by Gasteiger charge is 2.15. The third kappa shape index (κ3) is 3.76. The van der Waals surface area contributed by atoms with Crippen LogP contribution in [0.15, 0.2) is 23.4 Å². The maximum atomic E-state index is 11.7. The molecule has 0 N–H and O–H groups in total. The molecule has 124 valence electrons. The van der Waals surface area contributed by atoms with Crippen molar-refractivity contribution in [3.63, 3.8) is 0 Å². The quantitative estimate of drug-likeness (QED) is 0.748. The van der Waals surface area contributed by atoms with Crippen LogP contribution in [0.3, 0.4) is 0 Å². The molecule has 2 rings (SSSR count). The molecule has 2 aromatic rings. The van der Waals surface area contributed by atoms with Crippen LogP contribution in [0.1, 0.15) is 0 Å². The van der Waals surface area contributed by atoms with Gasteiger partial charge in [-0.1, -0.05) is 11.8 Å². The minimum absolute atomic E-state index is 0.0330. The average molecular weight is 336 g/mol. The Morgan fingerprint density at radius 3 is 2.52 bits per heavy atom. The van der Waals surface area contributed by atoms with E-state index in [9.17, 15) is 4.79 Å². The van der Waals surface area contributed by atoms with E-state index in [4.69, 9.17) is 9.47 Å². The van der Waals surface area contributed by atoms with Crippen molar-refractivity contribution in [2.75, 3.05) is 34.1 Å². The second kappa shape index (κ2) is 7.36. The number of aromatic nitrogens is 3. The molecule has 8 heteroatoms. The lowest BCUT2D eigenvalue weighted by Crippen LogP contribution is -2.23. The van der Waals surface area contributed by atoms with Crippen molar-refractivity contribution < 1.29 is 14.3 Å². The summed E-state index contributed by atoms with van der Waals surface area (Å²) in [4.78, 5) is 13.2. The van der Waals surface area contributed by atoms with Crippen LogP contribution in [0.2, 0.25) is 0 Å². The third-order valence-electron chi connectivity index (χ3n) is 3.30. The van der Waals surface area contributed by atoms with E-state index >= 15 is 0 Å². The van der Waals surface area contributed by atoms with E-state index in [1.54, 1.807) is 33.2 Å². The number of nitrogens with zero attached hydrogens (tertiary/aromatic N) is 4. The zero-order chi connectivity index (χ0) is 17.0. The van der Waals surface area contributed by atoms with Crippen molar-refractivity contribution in [1.82, 2.24) is 19.7 Å². The number of thioether (sulfide) groups is 1. The number of carbonyl (C=O) groups excluding carboxylic acids is 1. The number of carbonyl (C=O) groups is 1. The molecule has 1 aromatic heterocycles. The Kier molecular flexibility index (Phi) is 5.49. The molecule has 0 aliphatic heterocycles. The first-order valence-electron chi connectivity index (χ1n) is 6.92. The summed E-state index contributed by atoms with van der Waals surface area (Å²) in [6.45, 7) is 0. The van der Waals surface area contributed by atoms with Gasteiger partial charge in [-0.05, 0) is 18.2 Å². The van der Waals surface area contributed by atoms with Gasteiger partial charge in [0.05, 0.1) is 20.0 Å². The molecule has 1 heterocycles. The summed E-state index contributed by atoms with van der Waals surface area (Å²) in [6, 6.07) is 5.57. The fourth-order valence-corrected chi connectivity index (χ4v) is 2.81. The predicted molar refractivity (Wildman–Crippen MR) is 89.0 cm³/mol. The molecule has 0 aliphatic carbocycles. The van der Waals surface area contributed by atoms with Crippen LogP contribution in [-0.4, -0.2) is 59.6 Å². The van der Waals surface area contributed by atoms with Crippen LogP contribution in [0.5, 0.6) is 11.5 Å². The van der Waals surface area contributed by atoms with Gasteiger partial charge in [-0.2, -0.15) is 0 Å². The molecule has 0 fully saturated rings. The smallest absolute Gasteiger partial charge is 0.232 e. The van der Waals surface area contributed by atoms with Crippen LogP contribution in [0.4, 0.5) is 0 Å². The van der Waals surface area contributed by atoms with Crippen molar-refractivity contribution >= 4 is 17.7 Å². The first-order valence-corrected chi connectivity index (χ1v) is 7.91. The molecule has 0 bridgehead atoms. The minimum atomic E-state index is 0.0330. The van der Waals surface area contributed by atoms with Gasteiger partial charge in [0.1, 0.15) is 0 Å². The molecule has 0 unspecified atom stereocenters. The van der Waals surface area contributed by atoms with Crippen LogP contribution < -0.4 is 9.47 Å². The number of ether oxygens (including phenoxy) is 2. The summed E-state index contributed by atoms with van der Waals surface area (Å²) in [5.74, 6) is 2.34. The molecule has 7 nitrogen and oxygen atoms in total. The van der Waals surface area contributed by atoms with Crippen LogP contribution in [0, 0.1) is 0 Å². The van der Waals surface area contributed by atoms with Crippen molar-refractivity contribution in [3.05, 3.63) is 18.2 Å². The lowest BCUT2D eigenvalue weighted by Gasteiger charge is -2.10. The SMILES string of the molecule is COc1ccc(-c2nnc(SCC(=O)N(C)C)n2C)cc1OC. The molecule has 1 amide bonds. The van der Waals surface area contributed by atoms with Gasteiger partial charge in [0.25, 0.3) is 0 Å². The zero-order valence-electron chi connectivity index (χ0n) is 13.9. The van der Waals surface area contributed by atoms with Gasteiger partial charge in [0.2, 0.25) is 5.91 Å². The van der Waals surface area contributed by atoms with Gasteiger partial charge in [-0.3, -0.25) is 4.79 Å². The van der Waals surface area contributed by atoms with Crippen molar-refractivity contribution in [2.24, 2.45) is 7.05 Å². The molecule has 23 heavy (non-hydrogen) atoms. The fourth-order valence-electron chi connectivity index (χ4n) is 1.92. The number of amides is 1. The van der Waals surface area contributed by atoms with E-state index < -0.39 is 0 Å². The monoisotopic (exact) mass is 336 g/mol. The van der Waals surface area contributed by atoms with Crippen molar-refractivity contribution in [3.8, 4) is 22.9 Å². The van der Waals surface area contributed by atoms with E-state index in [0.717, 1.165) is 5.56 Å². The van der Waals surface area contributed by atoms with Crippen LogP contribution >= 0.6 is 11.8 Å². The summed E-state index contributed by atoms with van der Waals surface area (Å²) in [7, 11) is 8.51. The molecule has 0 atom stereocenters. The Hall–Kier alpha value is -2.22. The molecular weight excluding hydrogens is 316 g/mol. The number of hydrogen-bond donors (Lipinski definition) is 0. The summed E-state index contributed by atoms with van der Waals surface area (Å²) >= 11 is 1.36. The highest BCUT2D eigenvalue weighted by atomic mass is 32.2. The second-order valence-electron chi connectivity index (χ2n) is 5.01. The summed E-state index contributed by atoms with van der Waals surface area (Å²) in [5, 5.41) is 9.05. The Balaban J connectivity index is 2.23. The van der Waals surface area contributed by atoms with E-state index in [0.29, 0.717) is 28.2 Å². The van der Waals surface area contributed by atoms with Gasteiger partial charge in [-0.15, -0.1) is 10.2 Å². The maximum absolute atomic E-state index is 11.7. The number of benzene rings is 1. The Labute approximate surface area is 139 Å². The first-order chi connectivity index (χ1) is 11.0. The standard InChI is InChI=1S/C15H20N4O3S/c1-18(2)13(20)9-23-15-17-16-14(19(15)3)10-6-7-11(21-4)12(8-10)22-5/h6-8H,9H2,1-5H3. The largest absolute Gasteiger partial charge is 0.493 e.